The highest BCUT2D eigenvalue weighted by atomic mass is 32.1. The van der Waals surface area contributed by atoms with Gasteiger partial charge in [0.1, 0.15) is 0 Å². The zero-order valence-corrected chi connectivity index (χ0v) is 12.9. The maximum absolute atomic E-state index is 12.2. The molecule has 0 saturated heterocycles. The van der Waals surface area contributed by atoms with Crippen molar-refractivity contribution in [3.05, 3.63) is 39.8 Å². The number of carbonyl (C=O) groups excluding carboxylic acids is 1. The molecule has 0 aromatic carbocycles. The van der Waals surface area contributed by atoms with Crippen molar-refractivity contribution in [1.29, 1.82) is 0 Å². The maximum atomic E-state index is 12.2. The number of aryl methyl sites for hydroxylation is 1. The molecule has 5 nitrogen and oxygen atoms in total. The summed E-state index contributed by atoms with van der Waals surface area (Å²) in [5.41, 5.74) is 1.50. The molecule has 0 aliphatic rings. The van der Waals surface area contributed by atoms with Crippen LogP contribution in [0.3, 0.4) is 0 Å². The fraction of sp³-hybridized carbons (Fsp3) is 0.333. The van der Waals surface area contributed by atoms with E-state index >= 15 is 0 Å². The van der Waals surface area contributed by atoms with Gasteiger partial charge in [0, 0.05) is 42.5 Å². The smallest absolute Gasteiger partial charge is 0.257 e. The van der Waals surface area contributed by atoms with E-state index in [9.17, 15) is 4.79 Å². The summed E-state index contributed by atoms with van der Waals surface area (Å²) in [6, 6.07) is 1.97. The number of hydrogen-bond acceptors (Lipinski definition) is 4. The normalized spacial score (nSPS) is 10.0. The monoisotopic (exact) mass is 303 g/mol. The molecule has 1 N–H and O–H groups in total. The Kier molecular flexibility index (Phi) is 5.14. The Morgan fingerprint density at radius 2 is 2.38 bits per heavy atom. The molecule has 0 saturated carbocycles. The van der Waals surface area contributed by atoms with E-state index in [1.54, 1.807) is 47.4 Å². The SMILES string of the molecule is CN(Cc1cc(C#CCCO)cs1)C(=O)c1cnn(C)c1. The lowest BCUT2D eigenvalue weighted by molar-refractivity contribution is 0.0786. The van der Waals surface area contributed by atoms with Gasteiger partial charge in [0.05, 0.1) is 24.9 Å². The van der Waals surface area contributed by atoms with E-state index in [-0.39, 0.29) is 12.5 Å². The van der Waals surface area contributed by atoms with Gasteiger partial charge in [-0.25, -0.2) is 0 Å². The molecule has 0 spiro atoms. The fourth-order valence-electron chi connectivity index (χ4n) is 1.81. The van der Waals surface area contributed by atoms with Gasteiger partial charge in [-0.3, -0.25) is 9.48 Å². The van der Waals surface area contributed by atoms with Gasteiger partial charge in [0.25, 0.3) is 5.91 Å². The number of nitrogens with zero attached hydrogens (tertiary/aromatic N) is 3. The van der Waals surface area contributed by atoms with E-state index in [2.05, 4.69) is 16.9 Å². The third-order valence-electron chi connectivity index (χ3n) is 2.81. The second kappa shape index (κ2) is 7.07. The number of hydrogen-bond donors (Lipinski definition) is 1. The van der Waals surface area contributed by atoms with Crippen LogP contribution < -0.4 is 0 Å². The standard InChI is InChI=1S/C15H17N3O2S/c1-17(15(20)13-8-16-18(2)9-13)10-14-7-12(11-21-14)5-3-4-6-19/h7-9,11,19H,4,6,10H2,1-2H3. The van der Waals surface area contributed by atoms with Crippen molar-refractivity contribution in [2.45, 2.75) is 13.0 Å². The van der Waals surface area contributed by atoms with Crippen LogP contribution in [0.2, 0.25) is 0 Å². The second-order valence-electron chi connectivity index (χ2n) is 4.64. The second-order valence-corrected chi connectivity index (χ2v) is 5.64. The molecule has 0 bridgehead atoms. The number of carbonyl (C=O) groups is 1. The van der Waals surface area contributed by atoms with Crippen LogP contribution in [0.1, 0.15) is 27.2 Å². The summed E-state index contributed by atoms with van der Waals surface area (Å²) >= 11 is 1.57. The van der Waals surface area contributed by atoms with Gasteiger partial charge in [0.2, 0.25) is 0 Å². The van der Waals surface area contributed by atoms with Gasteiger partial charge in [-0.15, -0.1) is 11.3 Å². The van der Waals surface area contributed by atoms with Crippen LogP contribution in [-0.2, 0) is 13.6 Å². The van der Waals surface area contributed by atoms with Gasteiger partial charge in [-0.1, -0.05) is 11.8 Å². The Hall–Kier alpha value is -2.10. The Morgan fingerprint density at radius 3 is 3.05 bits per heavy atom. The van der Waals surface area contributed by atoms with Crippen LogP contribution in [0.5, 0.6) is 0 Å². The van der Waals surface area contributed by atoms with Gasteiger partial charge in [0.15, 0.2) is 0 Å². The Labute approximate surface area is 127 Å². The van der Waals surface area contributed by atoms with Crippen LogP contribution in [-0.4, -0.2) is 39.3 Å². The minimum Gasteiger partial charge on any atom is -0.395 e. The van der Waals surface area contributed by atoms with Crippen molar-refractivity contribution >= 4 is 17.2 Å². The molecular weight excluding hydrogens is 286 g/mol. The third kappa shape index (κ3) is 4.18. The number of amides is 1. The Morgan fingerprint density at radius 1 is 1.57 bits per heavy atom. The molecule has 0 unspecified atom stereocenters. The zero-order valence-electron chi connectivity index (χ0n) is 12.0. The zero-order chi connectivity index (χ0) is 15.2. The summed E-state index contributed by atoms with van der Waals surface area (Å²) < 4.78 is 1.61. The quantitative estimate of drug-likeness (QED) is 0.871. The van der Waals surface area contributed by atoms with E-state index in [0.717, 1.165) is 10.4 Å². The highest BCUT2D eigenvalue weighted by molar-refractivity contribution is 7.10. The van der Waals surface area contributed by atoms with Crippen molar-refractivity contribution in [1.82, 2.24) is 14.7 Å². The first-order valence-electron chi connectivity index (χ1n) is 6.51. The minimum atomic E-state index is -0.0515. The molecule has 2 aromatic rings. The summed E-state index contributed by atoms with van der Waals surface area (Å²) in [4.78, 5) is 14.9. The first-order chi connectivity index (χ1) is 10.1. The first-order valence-corrected chi connectivity index (χ1v) is 7.39. The molecule has 0 radical (unpaired) electrons. The molecule has 2 heterocycles. The third-order valence-corrected chi connectivity index (χ3v) is 3.74. The van der Waals surface area contributed by atoms with Crippen LogP contribution in [0.25, 0.3) is 0 Å². The number of rotatable bonds is 4. The first kappa shape index (κ1) is 15.3. The Bertz CT molecular complexity index is 678. The summed E-state index contributed by atoms with van der Waals surface area (Å²) in [5, 5.41) is 14.7. The lowest BCUT2D eigenvalue weighted by atomic mass is 10.2. The fourth-order valence-corrected chi connectivity index (χ4v) is 2.68. The van der Waals surface area contributed by atoms with Crippen molar-refractivity contribution in [2.75, 3.05) is 13.7 Å². The predicted octanol–water partition coefficient (Wildman–Crippen LogP) is 1.49. The van der Waals surface area contributed by atoms with Crippen LogP contribution in [0, 0.1) is 11.8 Å². The van der Waals surface area contributed by atoms with Crippen LogP contribution >= 0.6 is 11.3 Å². The van der Waals surface area contributed by atoms with Crippen molar-refractivity contribution in [2.24, 2.45) is 7.05 Å². The molecule has 0 fully saturated rings. The molecule has 2 rings (SSSR count). The van der Waals surface area contributed by atoms with E-state index in [1.165, 1.54) is 0 Å². The Balaban J connectivity index is 1.98. The summed E-state index contributed by atoms with van der Waals surface area (Å²) in [5.74, 6) is 5.82. The largest absolute Gasteiger partial charge is 0.395 e. The molecular formula is C15H17N3O2S. The lowest BCUT2D eigenvalue weighted by Gasteiger charge is -2.14. The van der Waals surface area contributed by atoms with E-state index < -0.39 is 0 Å². The molecule has 21 heavy (non-hydrogen) atoms. The number of thiophene rings is 1. The average Bonchev–Trinajstić information content (AvgIpc) is 3.07. The highest BCUT2D eigenvalue weighted by Gasteiger charge is 2.14. The average molecular weight is 303 g/mol. The van der Waals surface area contributed by atoms with E-state index in [0.29, 0.717) is 18.5 Å². The van der Waals surface area contributed by atoms with Crippen molar-refractivity contribution in [3.8, 4) is 11.8 Å². The molecule has 0 atom stereocenters. The number of aliphatic hydroxyl groups excluding tert-OH is 1. The van der Waals surface area contributed by atoms with Gasteiger partial charge in [-0.05, 0) is 6.07 Å². The van der Waals surface area contributed by atoms with Gasteiger partial charge in [-0.2, -0.15) is 5.10 Å². The predicted molar refractivity (Wildman–Crippen MR) is 81.9 cm³/mol. The minimum absolute atomic E-state index is 0.0515. The number of aromatic nitrogens is 2. The molecule has 6 heteroatoms. The molecule has 110 valence electrons. The van der Waals surface area contributed by atoms with Crippen molar-refractivity contribution in [3.63, 3.8) is 0 Å². The molecule has 0 aliphatic carbocycles. The number of aliphatic hydroxyl groups is 1. The maximum Gasteiger partial charge on any atom is 0.257 e. The summed E-state index contributed by atoms with van der Waals surface area (Å²) in [7, 11) is 3.56. The van der Waals surface area contributed by atoms with E-state index in [4.69, 9.17) is 5.11 Å². The van der Waals surface area contributed by atoms with Gasteiger partial charge >= 0.3 is 0 Å². The van der Waals surface area contributed by atoms with Crippen LogP contribution in [0.15, 0.2) is 23.8 Å². The lowest BCUT2D eigenvalue weighted by Crippen LogP contribution is -2.25. The summed E-state index contributed by atoms with van der Waals surface area (Å²) in [6.07, 6.45) is 3.75. The highest BCUT2D eigenvalue weighted by Crippen LogP contribution is 2.16. The van der Waals surface area contributed by atoms with Crippen LogP contribution in [0.4, 0.5) is 0 Å². The molecule has 0 aliphatic heterocycles. The summed E-state index contributed by atoms with van der Waals surface area (Å²) in [6.45, 7) is 0.617. The van der Waals surface area contributed by atoms with E-state index in [1.807, 2.05) is 11.4 Å². The molecule has 2 aromatic heterocycles. The van der Waals surface area contributed by atoms with Gasteiger partial charge < -0.3 is 10.0 Å². The topological polar surface area (TPSA) is 58.4 Å². The van der Waals surface area contributed by atoms with Crippen molar-refractivity contribution < 1.29 is 9.90 Å². The molecule has 1 amide bonds.